The van der Waals surface area contributed by atoms with Gasteiger partial charge < -0.3 is 9.47 Å². The minimum absolute atomic E-state index is 0.642. The quantitative estimate of drug-likeness (QED) is 0.450. The van der Waals surface area contributed by atoms with Crippen LogP contribution in [0.25, 0.3) is 0 Å². The Morgan fingerprint density at radius 3 is 2.50 bits per heavy atom. The van der Waals surface area contributed by atoms with Crippen molar-refractivity contribution >= 4 is 31.9 Å². The summed E-state index contributed by atoms with van der Waals surface area (Å²) in [5.41, 5.74) is 1.17. The number of ether oxygens (including phenoxy) is 2. The SMILES string of the molecule is CCCCCOc1c(Br)cc(CBr)cc1OCC. The first-order valence-corrected chi connectivity index (χ1v) is 8.28. The number of benzene rings is 1. The van der Waals surface area contributed by atoms with E-state index in [1.54, 1.807) is 0 Å². The summed E-state index contributed by atoms with van der Waals surface area (Å²) in [6.07, 6.45) is 3.47. The molecule has 18 heavy (non-hydrogen) atoms. The molecule has 0 aromatic heterocycles. The topological polar surface area (TPSA) is 18.5 Å². The first kappa shape index (κ1) is 15.8. The fraction of sp³-hybridized carbons (Fsp3) is 0.571. The Morgan fingerprint density at radius 1 is 1.11 bits per heavy atom. The van der Waals surface area contributed by atoms with E-state index in [-0.39, 0.29) is 0 Å². The second-order valence-electron chi connectivity index (χ2n) is 4.03. The summed E-state index contributed by atoms with van der Waals surface area (Å²) in [6.45, 7) is 5.55. The van der Waals surface area contributed by atoms with Crippen LogP contribution in [0.1, 0.15) is 38.7 Å². The van der Waals surface area contributed by atoms with Crippen LogP contribution in [0.2, 0.25) is 0 Å². The zero-order valence-corrected chi connectivity index (χ0v) is 14.1. The Kier molecular flexibility index (Phi) is 7.75. The van der Waals surface area contributed by atoms with Gasteiger partial charge in [0.1, 0.15) is 0 Å². The van der Waals surface area contributed by atoms with Crippen molar-refractivity contribution in [2.45, 2.75) is 38.4 Å². The van der Waals surface area contributed by atoms with Gasteiger partial charge in [0.15, 0.2) is 11.5 Å². The van der Waals surface area contributed by atoms with E-state index >= 15 is 0 Å². The van der Waals surface area contributed by atoms with Crippen LogP contribution in [0.5, 0.6) is 11.5 Å². The molecule has 0 N–H and O–H groups in total. The first-order chi connectivity index (χ1) is 8.72. The Hall–Kier alpha value is -0.220. The molecular formula is C14H20Br2O2. The molecule has 0 spiro atoms. The second kappa shape index (κ2) is 8.81. The summed E-state index contributed by atoms with van der Waals surface area (Å²) in [5, 5.41) is 0.807. The molecule has 0 radical (unpaired) electrons. The van der Waals surface area contributed by atoms with Crippen molar-refractivity contribution in [3.05, 3.63) is 22.2 Å². The maximum atomic E-state index is 5.83. The lowest BCUT2D eigenvalue weighted by atomic mass is 10.2. The van der Waals surface area contributed by atoms with E-state index in [4.69, 9.17) is 9.47 Å². The average molecular weight is 380 g/mol. The highest BCUT2D eigenvalue weighted by atomic mass is 79.9. The molecule has 0 unspecified atom stereocenters. The third-order valence-electron chi connectivity index (χ3n) is 2.52. The maximum absolute atomic E-state index is 5.83. The molecular weight excluding hydrogens is 360 g/mol. The molecule has 0 saturated carbocycles. The van der Waals surface area contributed by atoms with Gasteiger partial charge in [-0.3, -0.25) is 0 Å². The van der Waals surface area contributed by atoms with Crippen LogP contribution in [0, 0.1) is 0 Å². The van der Waals surface area contributed by atoms with Crippen molar-refractivity contribution < 1.29 is 9.47 Å². The van der Waals surface area contributed by atoms with Gasteiger partial charge in [-0.2, -0.15) is 0 Å². The lowest BCUT2D eigenvalue weighted by Gasteiger charge is -2.14. The number of rotatable bonds is 8. The molecule has 0 heterocycles. The fourth-order valence-electron chi connectivity index (χ4n) is 1.63. The zero-order chi connectivity index (χ0) is 13.4. The molecule has 0 fully saturated rings. The third-order valence-corrected chi connectivity index (χ3v) is 3.75. The highest BCUT2D eigenvalue weighted by Gasteiger charge is 2.11. The minimum Gasteiger partial charge on any atom is -0.490 e. The summed E-state index contributed by atoms with van der Waals surface area (Å²) in [4.78, 5) is 0. The Morgan fingerprint density at radius 2 is 1.89 bits per heavy atom. The van der Waals surface area contributed by atoms with Gasteiger partial charge in [0.2, 0.25) is 0 Å². The molecule has 0 aliphatic carbocycles. The average Bonchev–Trinajstić information content (AvgIpc) is 2.37. The molecule has 0 amide bonds. The van der Waals surface area contributed by atoms with Gasteiger partial charge in [0, 0.05) is 5.33 Å². The molecule has 0 aliphatic heterocycles. The van der Waals surface area contributed by atoms with E-state index in [0.29, 0.717) is 6.61 Å². The summed E-state index contributed by atoms with van der Waals surface area (Å²) in [7, 11) is 0. The molecule has 102 valence electrons. The van der Waals surface area contributed by atoms with Crippen molar-refractivity contribution in [1.82, 2.24) is 0 Å². The number of unbranched alkanes of at least 4 members (excludes halogenated alkanes) is 2. The summed E-state index contributed by atoms with van der Waals surface area (Å²) in [6, 6.07) is 4.09. The predicted molar refractivity (Wildman–Crippen MR) is 83.0 cm³/mol. The summed E-state index contributed by atoms with van der Waals surface area (Å²) >= 11 is 7.01. The van der Waals surface area contributed by atoms with E-state index < -0.39 is 0 Å². The second-order valence-corrected chi connectivity index (χ2v) is 5.44. The highest BCUT2D eigenvalue weighted by Crippen LogP contribution is 2.37. The van der Waals surface area contributed by atoms with Crippen LogP contribution in [0.15, 0.2) is 16.6 Å². The van der Waals surface area contributed by atoms with Crippen molar-refractivity contribution in [2.24, 2.45) is 0 Å². The molecule has 0 saturated heterocycles. The van der Waals surface area contributed by atoms with E-state index in [0.717, 1.165) is 34.3 Å². The molecule has 0 bridgehead atoms. The van der Waals surface area contributed by atoms with Crippen molar-refractivity contribution in [3.63, 3.8) is 0 Å². The van der Waals surface area contributed by atoms with Crippen LogP contribution >= 0.6 is 31.9 Å². The van der Waals surface area contributed by atoms with Crippen LogP contribution < -0.4 is 9.47 Å². The van der Waals surface area contributed by atoms with Gasteiger partial charge in [-0.05, 0) is 47.0 Å². The fourth-order valence-corrected chi connectivity index (χ4v) is 2.56. The number of hydrogen-bond acceptors (Lipinski definition) is 2. The van der Waals surface area contributed by atoms with E-state index in [1.807, 2.05) is 13.0 Å². The molecule has 1 rings (SSSR count). The van der Waals surface area contributed by atoms with Gasteiger partial charge in [0.25, 0.3) is 0 Å². The van der Waals surface area contributed by atoms with Crippen LogP contribution in [-0.4, -0.2) is 13.2 Å². The Balaban J connectivity index is 2.79. The molecule has 4 heteroatoms. The lowest BCUT2D eigenvalue weighted by Crippen LogP contribution is -2.02. The van der Waals surface area contributed by atoms with E-state index in [9.17, 15) is 0 Å². The van der Waals surface area contributed by atoms with E-state index in [2.05, 4.69) is 44.8 Å². The third kappa shape index (κ3) is 4.81. The summed E-state index contributed by atoms with van der Waals surface area (Å²) in [5.74, 6) is 1.63. The normalized spacial score (nSPS) is 10.4. The summed E-state index contributed by atoms with van der Waals surface area (Å²) < 4.78 is 12.4. The van der Waals surface area contributed by atoms with Gasteiger partial charge in [-0.15, -0.1) is 0 Å². The Bertz CT molecular complexity index is 367. The van der Waals surface area contributed by atoms with Crippen molar-refractivity contribution in [2.75, 3.05) is 13.2 Å². The Labute approximate surface area is 126 Å². The van der Waals surface area contributed by atoms with E-state index in [1.165, 1.54) is 18.4 Å². The molecule has 0 atom stereocenters. The number of hydrogen-bond donors (Lipinski definition) is 0. The standard InChI is InChI=1S/C14H20Br2O2/c1-3-5-6-7-18-14-12(16)8-11(10-15)9-13(14)17-4-2/h8-9H,3-7,10H2,1-2H3. The molecule has 2 nitrogen and oxygen atoms in total. The van der Waals surface area contributed by atoms with Crippen LogP contribution in [0.4, 0.5) is 0 Å². The zero-order valence-electron chi connectivity index (χ0n) is 11.0. The molecule has 0 aliphatic rings. The van der Waals surface area contributed by atoms with Crippen molar-refractivity contribution in [1.29, 1.82) is 0 Å². The van der Waals surface area contributed by atoms with Gasteiger partial charge >= 0.3 is 0 Å². The van der Waals surface area contributed by atoms with Crippen LogP contribution in [-0.2, 0) is 5.33 Å². The largest absolute Gasteiger partial charge is 0.490 e. The lowest BCUT2D eigenvalue weighted by molar-refractivity contribution is 0.269. The smallest absolute Gasteiger partial charge is 0.175 e. The number of alkyl halides is 1. The minimum atomic E-state index is 0.642. The van der Waals surface area contributed by atoms with Gasteiger partial charge in [0.05, 0.1) is 17.7 Å². The molecule has 1 aromatic carbocycles. The predicted octanol–water partition coefficient (Wildman–Crippen LogP) is 5.31. The van der Waals surface area contributed by atoms with Gasteiger partial charge in [-0.1, -0.05) is 35.7 Å². The van der Waals surface area contributed by atoms with Crippen molar-refractivity contribution in [3.8, 4) is 11.5 Å². The highest BCUT2D eigenvalue weighted by molar-refractivity contribution is 9.10. The van der Waals surface area contributed by atoms with Crippen LogP contribution in [0.3, 0.4) is 0 Å². The first-order valence-electron chi connectivity index (χ1n) is 6.36. The van der Waals surface area contributed by atoms with Gasteiger partial charge in [-0.25, -0.2) is 0 Å². The molecule has 1 aromatic rings. The maximum Gasteiger partial charge on any atom is 0.175 e. The monoisotopic (exact) mass is 378 g/mol. The number of halogens is 2.